The molecule has 1 fully saturated rings. The van der Waals surface area contributed by atoms with Crippen molar-refractivity contribution in [3.8, 4) is 10.4 Å². The van der Waals surface area contributed by atoms with Crippen LogP contribution in [-0.2, 0) is 4.74 Å². The van der Waals surface area contributed by atoms with Crippen LogP contribution in [0.5, 0.6) is 0 Å². The Morgan fingerprint density at radius 3 is 2.77 bits per heavy atom. The van der Waals surface area contributed by atoms with Crippen LogP contribution in [0, 0.1) is 6.92 Å². The van der Waals surface area contributed by atoms with E-state index in [2.05, 4.69) is 32.4 Å². The first-order chi connectivity index (χ1) is 12.6. The number of nitrogens with one attached hydrogen (secondary N) is 2. The summed E-state index contributed by atoms with van der Waals surface area (Å²) in [6, 6.07) is 4.48. The normalized spacial score (nSPS) is 20.4. The van der Waals surface area contributed by atoms with Crippen molar-refractivity contribution in [3.05, 3.63) is 39.9 Å². The third-order valence-corrected chi connectivity index (χ3v) is 5.92. The van der Waals surface area contributed by atoms with Crippen LogP contribution in [0.1, 0.15) is 31.2 Å². The number of rotatable bonds is 4. The fraction of sp³-hybridized carbons (Fsp3) is 0.421. The summed E-state index contributed by atoms with van der Waals surface area (Å²) in [4.78, 5) is 24.5. The van der Waals surface area contributed by atoms with Gasteiger partial charge in [0.05, 0.1) is 22.0 Å². The Balaban J connectivity index is 1.72. The fourth-order valence-electron chi connectivity index (χ4n) is 3.68. The Bertz CT molecular complexity index is 960. The summed E-state index contributed by atoms with van der Waals surface area (Å²) < 4.78 is 5.45. The summed E-state index contributed by atoms with van der Waals surface area (Å²) in [5.74, 6) is 0.666. The number of hydrogen-bond donors (Lipinski definition) is 2. The minimum Gasteiger partial charge on any atom is -0.381 e. The van der Waals surface area contributed by atoms with Gasteiger partial charge in [-0.15, -0.1) is 11.3 Å². The molecule has 7 heteroatoms. The van der Waals surface area contributed by atoms with Gasteiger partial charge >= 0.3 is 5.69 Å². The molecule has 136 valence electrons. The van der Waals surface area contributed by atoms with Crippen molar-refractivity contribution in [3.63, 3.8) is 0 Å². The van der Waals surface area contributed by atoms with Crippen LogP contribution in [0.4, 0.5) is 5.82 Å². The molecular weight excluding hydrogens is 348 g/mol. The summed E-state index contributed by atoms with van der Waals surface area (Å²) in [7, 11) is 1.77. The fourth-order valence-corrected chi connectivity index (χ4v) is 4.29. The number of aryl methyl sites for hydroxylation is 1. The summed E-state index contributed by atoms with van der Waals surface area (Å²) in [5, 5.41) is 4.46. The molecular formula is C19H22N4O2S. The van der Waals surface area contributed by atoms with E-state index in [1.54, 1.807) is 18.4 Å². The maximum absolute atomic E-state index is 12.1. The summed E-state index contributed by atoms with van der Waals surface area (Å²) in [6.07, 6.45) is 6.30. The molecule has 4 rings (SSSR count). The van der Waals surface area contributed by atoms with Gasteiger partial charge in [-0.2, -0.15) is 4.98 Å². The Morgan fingerprint density at radius 2 is 2.08 bits per heavy atom. The number of H-pyrrole nitrogens is 1. The van der Waals surface area contributed by atoms with Crippen molar-refractivity contribution >= 4 is 28.1 Å². The van der Waals surface area contributed by atoms with Gasteiger partial charge in [-0.05, 0) is 55.9 Å². The molecule has 0 aliphatic heterocycles. The first kappa shape index (κ1) is 17.2. The Labute approximate surface area is 155 Å². The second kappa shape index (κ2) is 7.17. The smallest absolute Gasteiger partial charge is 0.347 e. The third kappa shape index (κ3) is 3.37. The highest BCUT2D eigenvalue weighted by molar-refractivity contribution is 7.13. The van der Waals surface area contributed by atoms with Gasteiger partial charge in [0.15, 0.2) is 0 Å². The van der Waals surface area contributed by atoms with Crippen LogP contribution < -0.4 is 11.0 Å². The van der Waals surface area contributed by atoms with Gasteiger partial charge in [0.2, 0.25) is 0 Å². The van der Waals surface area contributed by atoms with Crippen molar-refractivity contribution in [2.75, 3.05) is 12.4 Å². The minimum atomic E-state index is -0.320. The maximum atomic E-state index is 12.1. The molecule has 1 aliphatic rings. The highest BCUT2D eigenvalue weighted by Crippen LogP contribution is 2.32. The number of anilines is 1. The first-order valence-corrected chi connectivity index (χ1v) is 9.75. The lowest BCUT2D eigenvalue weighted by atomic mass is 9.93. The number of aromatic nitrogens is 3. The van der Waals surface area contributed by atoms with E-state index in [1.807, 2.05) is 18.6 Å². The van der Waals surface area contributed by atoms with Crippen LogP contribution in [0.3, 0.4) is 0 Å². The first-order valence-electron chi connectivity index (χ1n) is 8.87. The molecule has 2 aromatic heterocycles. The highest BCUT2D eigenvalue weighted by atomic mass is 32.1. The average molecular weight is 370 g/mol. The highest BCUT2D eigenvalue weighted by Gasteiger charge is 2.22. The van der Waals surface area contributed by atoms with Crippen molar-refractivity contribution < 1.29 is 4.74 Å². The number of aromatic amines is 1. The third-order valence-electron chi connectivity index (χ3n) is 5.10. The SMILES string of the molecule is CO[C@H]1CC[C@@H](Nc2nc(=O)[nH]c3c(C)cc(-c4cncs4)cc23)CC1. The molecule has 1 aromatic carbocycles. The van der Waals surface area contributed by atoms with E-state index in [1.165, 1.54) is 0 Å². The average Bonchev–Trinajstić information content (AvgIpc) is 3.18. The summed E-state index contributed by atoms with van der Waals surface area (Å²) in [5.41, 5.74) is 4.47. The van der Waals surface area contributed by atoms with E-state index in [0.29, 0.717) is 18.0 Å². The van der Waals surface area contributed by atoms with Crippen LogP contribution in [0.2, 0.25) is 0 Å². The standard InChI is InChI=1S/C19H22N4O2S/c1-11-7-12(16-9-20-10-26-16)8-15-17(11)22-19(24)23-18(15)21-13-3-5-14(25-2)6-4-13/h7-10,13-14H,3-6H2,1-2H3,(H2,21,22,23,24)/t13-,14+. The van der Waals surface area contributed by atoms with Gasteiger partial charge in [-0.25, -0.2) is 4.79 Å². The molecule has 3 aromatic rings. The van der Waals surface area contributed by atoms with Crippen LogP contribution in [-0.4, -0.2) is 34.2 Å². The van der Waals surface area contributed by atoms with E-state index < -0.39 is 0 Å². The van der Waals surface area contributed by atoms with E-state index in [-0.39, 0.29) is 5.69 Å². The second-order valence-electron chi connectivity index (χ2n) is 6.83. The maximum Gasteiger partial charge on any atom is 0.347 e. The molecule has 0 amide bonds. The number of nitrogens with zero attached hydrogens (tertiary/aromatic N) is 2. The number of methoxy groups -OCH3 is 1. The lowest BCUT2D eigenvalue weighted by Gasteiger charge is -2.28. The van der Waals surface area contributed by atoms with Gasteiger partial charge in [-0.3, -0.25) is 4.98 Å². The summed E-state index contributed by atoms with van der Waals surface area (Å²) >= 11 is 1.60. The van der Waals surface area contributed by atoms with E-state index in [0.717, 1.165) is 52.6 Å². The number of benzene rings is 1. The van der Waals surface area contributed by atoms with E-state index >= 15 is 0 Å². The van der Waals surface area contributed by atoms with Crippen molar-refractivity contribution in [1.82, 2.24) is 15.0 Å². The van der Waals surface area contributed by atoms with Gasteiger partial charge < -0.3 is 15.0 Å². The predicted octanol–water partition coefficient (Wildman–Crippen LogP) is 3.72. The zero-order valence-electron chi connectivity index (χ0n) is 14.9. The quantitative estimate of drug-likeness (QED) is 0.732. The van der Waals surface area contributed by atoms with Gasteiger partial charge in [-0.1, -0.05) is 0 Å². The van der Waals surface area contributed by atoms with Gasteiger partial charge in [0.1, 0.15) is 5.82 Å². The van der Waals surface area contributed by atoms with Gasteiger partial charge in [0, 0.05) is 24.7 Å². The van der Waals surface area contributed by atoms with Crippen molar-refractivity contribution in [2.45, 2.75) is 44.8 Å². The van der Waals surface area contributed by atoms with Crippen molar-refractivity contribution in [2.24, 2.45) is 0 Å². The molecule has 1 aliphatic carbocycles. The number of fused-ring (bicyclic) bond motifs is 1. The largest absolute Gasteiger partial charge is 0.381 e. The topological polar surface area (TPSA) is 79.9 Å². The lowest BCUT2D eigenvalue weighted by Crippen LogP contribution is -2.30. The van der Waals surface area contributed by atoms with Crippen LogP contribution >= 0.6 is 11.3 Å². The zero-order chi connectivity index (χ0) is 18.1. The number of thiazole rings is 1. The molecule has 0 unspecified atom stereocenters. The Kier molecular flexibility index (Phi) is 4.74. The molecule has 0 bridgehead atoms. The van der Waals surface area contributed by atoms with Crippen LogP contribution in [0.25, 0.3) is 21.3 Å². The second-order valence-corrected chi connectivity index (χ2v) is 7.71. The number of ether oxygens (including phenoxy) is 1. The molecule has 0 radical (unpaired) electrons. The zero-order valence-corrected chi connectivity index (χ0v) is 15.7. The molecule has 1 saturated carbocycles. The van der Waals surface area contributed by atoms with Crippen LogP contribution in [0.15, 0.2) is 28.6 Å². The number of hydrogen-bond acceptors (Lipinski definition) is 6. The molecule has 0 saturated heterocycles. The molecule has 26 heavy (non-hydrogen) atoms. The monoisotopic (exact) mass is 370 g/mol. The lowest BCUT2D eigenvalue weighted by molar-refractivity contribution is 0.0681. The van der Waals surface area contributed by atoms with E-state index in [4.69, 9.17) is 4.74 Å². The summed E-state index contributed by atoms with van der Waals surface area (Å²) in [6.45, 7) is 2.01. The molecule has 2 N–H and O–H groups in total. The van der Waals surface area contributed by atoms with E-state index in [9.17, 15) is 4.79 Å². The van der Waals surface area contributed by atoms with Gasteiger partial charge in [0.25, 0.3) is 0 Å². The minimum absolute atomic E-state index is 0.311. The predicted molar refractivity (Wildman–Crippen MR) is 105 cm³/mol. The molecule has 6 nitrogen and oxygen atoms in total. The molecule has 0 atom stereocenters. The van der Waals surface area contributed by atoms with Crippen molar-refractivity contribution in [1.29, 1.82) is 0 Å². The molecule has 2 heterocycles. The Hall–Kier alpha value is -2.25. The Morgan fingerprint density at radius 1 is 1.27 bits per heavy atom. The molecule has 0 spiro atoms.